The third-order valence-corrected chi connectivity index (χ3v) is 4.40. The number of aromatic amines is 1. The molecule has 3 rings (SSSR count). The fourth-order valence-corrected chi connectivity index (χ4v) is 3.16. The lowest BCUT2D eigenvalue weighted by Crippen LogP contribution is -2.20. The fraction of sp³-hybridized carbons (Fsp3) is 0. The van der Waals surface area contributed by atoms with Crippen LogP contribution in [-0.4, -0.2) is 9.55 Å². The summed E-state index contributed by atoms with van der Waals surface area (Å²) in [5.41, 5.74) is 1.31. The summed E-state index contributed by atoms with van der Waals surface area (Å²) in [6.07, 6.45) is 0. The molecule has 0 fully saturated rings. The first-order valence-corrected chi connectivity index (χ1v) is 7.77. The number of aromatic nitrogens is 2. The van der Waals surface area contributed by atoms with Crippen molar-refractivity contribution >= 4 is 55.0 Å². The van der Waals surface area contributed by atoms with Crippen molar-refractivity contribution in [2.24, 2.45) is 0 Å². The number of nitrogens with one attached hydrogen (secondary N) is 1. The van der Waals surface area contributed by atoms with Crippen molar-refractivity contribution < 1.29 is 0 Å². The fourth-order valence-electron chi connectivity index (χ4n) is 2.04. The number of nitrogens with zero attached hydrogens (tertiary/aromatic N) is 1. The zero-order chi connectivity index (χ0) is 14.3. The van der Waals surface area contributed by atoms with Gasteiger partial charge in [-0.25, -0.2) is 0 Å². The molecule has 0 radical (unpaired) electrons. The molecule has 100 valence electrons. The normalized spacial score (nSPS) is 10.9. The number of fused-ring (bicyclic) bond motifs is 1. The summed E-state index contributed by atoms with van der Waals surface area (Å²) >= 11 is 12.2. The molecule has 0 spiro atoms. The molecule has 0 saturated carbocycles. The van der Waals surface area contributed by atoms with Gasteiger partial charge in [0, 0.05) is 8.95 Å². The van der Waals surface area contributed by atoms with Crippen molar-refractivity contribution in [3.8, 4) is 5.69 Å². The molecular formula is C14H8Br2N2OS. The highest BCUT2D eigenvalue weighted by Gasteiger charge is 2.09. The Balaban J connectivity index is 2.44. The summed E-state index contributed by atoms with van der Waals surface area (Å²) in [6, 6.07) is 12.9. The van der Waals surface area contributed by atoms with Gasteiger partial charge in [0.25, 0.3) is 5.56 Å². The Hall–Kier alpha value is -1.24. The second-order valence-electron chi connectivity index (χ2n) is 4.21. The van der Waals surface area contributed by atoms with Crippen LogP contribution in [0.4, 0.5) is 0 Å². The monoisotopic (exact) mass is 410 g/mol. The van der Waals surface area contributed by atoms with E-state index in [1.807, 2.05) is 36.4 Å². The standard InChI is InChI=1S/C14H8Br2N2OS/c15-8-5-6-9-11(7-8)17-14(20)18(13(9)19)12-4-2-1-3-10(12)16/h1-7H,(H,17,20). The van der Waals surface area contributed by atoms with Crippen molar-refractivity contribution in [2.45, 2.75) is 0 Å². The van der Waals surface area contributed by atoms with Gasteiger partial charge in [0.15, 0.2) is 4.77 Å². The Bertz CT molecular complexity index is 930. The molecule has 0 bridgehead atoms. The van der Waals surface area contributed by atoms with E-state index < -0.39 is 0 Å². The van der Waals surface area contributed by atoms with Gasteiger partial charge < -0.3 is 4.98 Å². The summed E-state index contributed by atoms with van der Waals surface area (Å²) in [4.78, 5) is 15.7. The van der Waals surface area contributed by atoms with Crippen LogP contribution >= 0.6 is 44.1 Å². The smallest absolute Gasteiger partial charge is 0.266 e. The third-order valence-electron chi connectivity index (χ3n) is 2.95. The molecule has 0 aliphatic carbocycles. The van der Waals surface area contributed by atoms with Crippen LogP contribution in [0.15, 0.2) is 56.2 Å². The number of benzene rings is 2. The van der Waals surface area contributed by atoms with E-state index in [0.29, 0.717) is 10.2 Å². The maximum absolute atomic E-state index is 12.7. The molecular weight excluding hydrogens is 404 g/mol. The molecule has 1 aromatic heterocycles. The minimum Gasteiger partial charge on any atom is -0.331 e. The second-order valence-corrected chi connectivity index (χ2v) is 6.37. The largest absolute Gasteiger partial charge is 0.331 e. The molecule has 3 aromatic rings. The molecule has 20 heavy (non-hydrogen) atoms. The van der Waals surface area contributed by atoms with Crippen molar-refractivity contribution in [1.82, 2.24) is 9.55 Å². The summed E-state index contributed by atoms with van der Waals surface area (Å²) in [5, 5.41) is 0.595. The SMILES string of the molecule is O=c1c2ccc(Br)cc2[nH]c(=S)n1-c1ccccc1Br. The number of H-pyrrole nitrogens is 1. The molecule has 3 nitrogen and oxygen atoms in total. The summed E-state index contributed by atoms with van der Waals surface area (Å²) in [6.45, 7) is 0. The second kappa shape index (κ2) is 5.27. The van der Waals surface area contributed by atoms with E-state index >= 15 is 0 Å². The first kappa shape index (κ1) is 13.7. The maximum Gasteiger partial charge on any atom is 0.266 e. The highest BCUT2D eigenvalue weighted by Crippen LogP contribution is 2.21. The van der Waals surface area contributed by atoms with Crippen LogP contribution in [0, 0.1) is 4.77 Å². The van der Waals surface area contributed by atoms with Crippen molar-refractivity contribution in [2.75, 3.05) is 0 Å². The minimum absolute atomic E-state index is 0.136. The number of hydrogen-bond acceptors (Lipinski definition) is 2. The van der Waals surface area contributed by atoms with Crippen LogP contribution in [0.2, 0.25) is 0 Å². The number of hydrogen-bond donors (Lipinski definition) is 1. The number of para-hydroxylation sites is 1. The van der Waals surface area contributed by atoms with Crippen LogP contribution < -0.4 is 5.56 Å². The average Bonchev–Trinajstić information content (AvgIpc) is 2.40. The summed E-state index contributed by atoms with van der Waals surface area (Å²) < 4.78 is 3.58. The maximum atomic E-state index is 12.7. The molecule has 1 heterocycles. The van der Waals surface area contributed by atoms with E-state index in [4.69, 9.17) is 12.2 Å². The molecule has 1 N–H and O–H groups in total. The van der Waals surface area contributed by atoms with Crippen LogP contribution in [0.1, 0.15) is 0 Å². The average molecular weight is 412 g/mol. The van der Waals surface area contributed by atoms with Gasteiger partial charge in [-0.3, -0.25) is 9.36 Å². The van der Waals surface area contributed by atoms with E-state index in [-0.39, 0.29) is 5.56 Å². The summed E-state index contributed by atoms with van der Waals surface area (Å²) in [5.74, 6) is 0. The molecule has 2 aromatic carbocycles. The first-order chi connectivity index (χ1) is 9.58. The van der Waals surface area contributed by atoms with E-state index in [2.05, 4.69) is 36.8 Å². The van der Waals surface area contributed by atoms with Gasteiger partial charge >= 0.3 is 0 Å². The predicted octanol–water partition coefficient (Wildman–Crippen LogP) is 4.57. The molecule has 6 heteroatoms. The zero-order valence-electron chi connectivity index (χ0n) is 10.1. The molecule has 0 atom stereocenters. The lowest BCUT2D eigenvalue weighted by molar-refractivity contribution is 0.935. The van der Waals surface area contributed by atoms with Crippen LogP contribution in [0.5, 0.6) is 0 Å². The Morgan fingerprint density at radius 1 is 1.10 bits per heavy atom. The van der Waals surface area contributed by atoms with Crippen molar-refractivity contribution in [3.05, 3.63) is 66.5 Å². The Labute approximate surface area is 136 Å². The predicted molar refractivity (Wildman–Crippen MR) is 90.1 cm³/mol. The lowest BCUT2D eigenvalue weighted by Gasteiger charge is -2.09. The van der Waals surface area contributed by atoms with Gasteiger partial charge in [0.1, 0.15) is 0 Å². The van der Waals surface area contributed by atoms with E-state index in [1.165, 1.54) is 4.57 Å². The van der Waals surface area contributed by atoms with E-state index in [0.717, 1.165) is 20.1 Å². The van der Waals surface area contributed by atoms with E-state index in [1.54, 1.807) is 6.07 Å². The highest BCUT2D eigenvalue weighted by atomic mass is 79.9. The van der Waals surface area contributed by atoms with Gasteiger partial charge in [-0.05, 0) is 58.5 Å². The van der Waals surface area contributed by atoms with Crippen LogP contribution in [-0.2, 0) is 0 Å². The molecule has 0 aliphatic rings. The van der Waals surface area contributed by atoms with Crippen molar-refractivity contribution in [1.29, 1.82) is 0 Å². The molecule has 0 saturated heterocycles. The Morgan fingerprint density at radius 3 is 2.60 bits per heavy atom. The van der Waals surface area contributed by atoms with Gasteiger partial charge in [-0.1, -0.05) is 28.1 Å². The Kier molecular flexibility index (Phi) is 3.62. The Morgan fingerprint density at radius 2 is 1.85 bits per heavy atom. The topological polar surface area (TPSA) is 37.8 Å². The van der Waals surface area contributed by atoms with Crippen LogP contribution in [0.25, 0.3) is 16.6 Å². The van der Waals surface area contributed by atoms with E-state index in [9.17, 15) is 4.79 Å². The summed E-state index contributed by atoms with van der Waals surface area (Å²) in [7, 11) is 0. The molecule has 0 amide bonds. The molecule has 0 aliphatic heterocycles. The number of rotatable bonds is 1. The minimum atomic E-state index is -0.136. The number of halogens is 2. The van der Waals surface area contributed by atoms with Gasteiger partial charge in [-0.15, -0.1) is 0 Å². The highest BCUT2D eigenvalue weighted by molar-refractivity contribution is 9.10. The third kappa shape index (κ3) is 2.28. The van der Waals surface area contributed by atoms with Crippen LogP contribution in [0.3, 0.4) is 0 Å². The molecule has 0 unspecified atom stereocenters. The zero-order valence-corrected chi connectivity index (χ0v) is 14.0. The quantitative estimate of drug-likeness (QED) is 0.595. The van der Waals surface area contributed by atoms with Gasteiger partial charge in [0.05, 0.1) is 16.6 Å². The van der Waals surface area contributed by atoms with Gasteiger partial charge in [-0.2, -0.15) is 0 Å². The van der Waals surface area contributed by atoms with Crippen molar-refractivity contribution in [3.63, 3.8) is 0 Å². The van der Waals surface area contributed by atoms with Gasteiger partial charge in [0.2, 0.25) is 0 Å². The first-order valence-electron chi connectivity index (χ1n) is 5.77. The lowest BCUT2D eigenvalue weighted by atomic mass is 10.2.